The number of carbonyl (C=O) groups is 2. The number of pyridine rings is 1. The number of hydrogen-bond donors (Lipinski definition) is 2. The van der Waals surface area contributed by atoms with E-state index in [4.69, 9.17) is 10.00 Å². The van der Waals surface area contributed by atoms with Gasteiger partial charge in [-0.2, -0.15) is 0 Å². The first-order valence-electron chi connectivity index (χ1n) is 11.7. The van der Waals surface area contributed by atoms with E-state index in [1.165, 1.54) is 0 Å². The summed E-state index contributed by atoms with van der Waals surface area (Å²) in [6.45, 7) is 6.10. The van der Waals surface area contributed by atoms with Gasteiger partial charge in [-0.05, 0) is 38.4 Å². The van der Waals surface area contributed by atoms with E-state index in [1.807, 2.05) is 31.8 Å². The molecule has 0 fully saturated rings. The summed E-state index contributed by atoms with van der Waals surface area (Å²) in [4.78, 5) is 34.6. The second kappa shape index (κ2) is 11.4. The number of fused-ring (bicyclic) bond motifs is 1. The highest BCUT2D eigenvalue weighted by molar-refractivity contribution is 6.71. The van der Waals surface area contributed by atoms with Crippen LogP contribution in [0.3, 0.4) is 0 Å². The minimum absolute atomic E-state index is 0.0648. The van der Waals surface area contributed by atoms with Gasteiger partial charge in [0, 0.05) is 36.8 Å². The molecule has 0 atom stereocenters. The zero-order chi connectivity index (χ0) is 25.5. The Labute approximate surface area is 206 Å². The van der Waals surface area contributed by atoms with Crippen molar-refractivity contribution in [2.75, 3.05) is 30.4 Å². The van der Waals surface area contributed by atoms with Crippen LogP contribution in [0.1, 0.15) is 34.2 Å². The third-order valence-corrected chi connectivity index (χ3v) is 5.99. The van der Waals surface area contributed by atoms with Crippen molar-refractivity contribution < 1.29 is 14.3 Å². The average molecular weight is 470 g/mol. The topological polar surface area (TPSA) is 135 Å². The third kappa shape index (κ3) is 6.13. The molecule has 0 spiro atoms. The van der Waals surface area contributed by atoms with Crippen LogP contribution in [0, 0.1) is 29.4 Å². The Balaban J connectivity index is 1.80. The Kier molecular flexibility index (Phi) is 8.38. The second-order valence-electron chi connectivity index (χ2n) is 8.74. The van der Waals surface area contributed by atoms with Crippen molar-refractivity contribution in [3.8, 4) is 11.9 Å². The zero-order valence-electron chi connectivity index (χ0n) is 20.5. The van der Waals surface area contributed by atoms with E-state index in [0.717, 1.165) is 5.69 Å². The molecule has 0 bridgehead atoms. The number of rotatable bonds is 10. The fourth-order valence-corrected chi connectivity index (χ4v) is 3.93. The smallest absolute Gasteiger partial charge is 0.340 e. The summed E-state index contributed by atoms with van der Waals surface area (Å²) in [6.07, 6.45) is 5.30. The normalized spacial score (nSPS) is 13.0. The lowest BCUT2D eigenvalue weighted by atomic mass is 9.39. The number of aromatic amines is 1. The van der Waals surface area contributed by atoms with Gasteiger partial charge in [0.25, 0.3) is 19.3 Å². The van der Waals surface area contributed by atoms with E-state index in [-0.39, 0.29) is 25.9 Å². The van der Waals surface area contributed by atoms with Gasteiger partial charge in [0.1, 0.15) is 5.82 Å². The number of nitrogens with one attached hydrogen (secondary N) is 2. The SMILES string of the molecule is CCOC(=O)c1cc(C)[nH]c1/C=C1\C(=O)Nc2cnc(N(C)CCB(C#N)CCB(C)C#N)cc21. The van der Waals surface area contributed by atoms with Gasteiger partial charge in [-0.25, -0.2) is 20.3 Å². The van der Waals surface area contributed by atoms with Crippen LogP contribution in [-0.4, -0.2) is 55.5 Å². The fourth-order valence-electron chi connectivity index (χ4n) is 3.93. The first-order chi connectivity index (χ1) is 16.8. The number of aryl methyl sites for hydroxylation is 1. The standard InChI is InChI=1S/C24H28B2N6O3/c1-5-35-24(34)19-10-16(2)30-20(19)11-18-17-12-22(29-13-21(17)31-23(18)33)32(4)9-8-26(15-28)7-6-25(3)14-27/h10-13,30H,5-9H2,1-4H3,(H,31,33)/b18-11-. The molecule has 0 saturated carbocycles. The molecule has 2 N–H and O–H groups in total. The van der Waals surface area contributed by atoms with Crippen molar-refractivity contribution in [3.05, 3.63) is 40.8 Å². The molecule has 0 aliphatic carbocycles. The number of H-pyrrole nitrogens is 1. The van der Waals surface area contributed by atoms with Crippen LogP contribution < -0.4 is 10.2 Å². The fraction of sp³-hybridized carbons (Fsp3) is 0.375. The molecule has 3 heterocycles. The van der Waals surface area contributed by atoms with Crippen LogP contribution in [0.2, 0.25) is 25.8 Å². The lowest BCUT2D eigenvalue weighted by molar-refractivity contribution is -0.110. The van der Waals surface area contributed by atoms with Crippen LogP contribution in [0.5, 0.6) is 0 Å². The molecule has 1 aliphatic heterocycles. The largest absolute Gasteiger partial charge is 0.462 e. The van der Waals surface area contributed by atoms with Crippen molar-refractivity contribution in [1.29, 1.82) is 10.5 Å². The highest BCUT2D eigenvalue weighted by Gasteiger charge is 2.27. The Morgan fingerprint density at radius 3 is 2.71 bits per heavy atom. The van der Waals surface area contributed by atoms with E-state index in [0.29, 0.717) is 59.4 Å². The number of esters is 1. The molecule has 0 radical (unpaired) electrons. The van der Waals surface area contributed by atoms with E-state index < -0.39 is 5.97 Å². The van der Waals surface area contributed by atoms with Crippen molar-refractivity contribution >= 4 is 48.5 Å². The molecule has 35 heavy (non-hydrogen) atoms. The van der Waals surface area contributed by atoms with Crippen molar-refractivity contribution in [2.45, 2.75) is 39.6 Å². The first-order valence-corrected chi connectivity index (χ1v) is 11.7. The maximum atomic E-state index is 12.7. The Morgan fingerprint density at radius 2 is 2.03 bits per heavy atom. The quantitative estimate of drug-likeness (QED) is 0.308. The summed E-state index contributed by atoms with van der Waals surface area (Å²) in [5, 5.41) is 21.2. The average Bonchev–Trinajstić information content (AvgIpc) is 3.37. The number of amides is 1. The number of anilines is 2. The summed E-state index contributed by atoms with van der Waals surface area (Å²) in [6, 6.07) is 3.53. The van der Waals surface area contributed by atoms with E-state index in [9.17, 15) is 14.9 Å². The monoisotopic (exact) mass is 470 g/mol. The van der Waals surface area contributed by atoms with Gasteiger partial charge in [-0.15, -0.1) is 0 Å². The molecule has 178 valence electrons. The highest BCUT2D eigenvalue weighted by Crippen LogP contribution is 2.35. The van der Waals surface area contributed by atoms with Gasteiger partial charge in [-0.3, -0.25) is 4.79 Å². The number of hydrogen-bond acceptors (Lipinski definition) is 7. The Bertz CT molecular complexity index is 1230. The molecule has 2 aromatic heterocycles. The van der Waals surface area contributed by atoms with Gasteiger partial charge < -0.3 is 19.9 Å². The number of aromatic nitrogens is 2. The molecule has 1 amide bonds. The predicted octanol–water partition coefficient (Wildman–Crippen LogP) is 3.57. The molecule has 11 heteroatoms. The Hall–Kier alpha value is -3.98. The van der Waals surface area contributed by atoms with Crippen LogP contribution in [0.15, 0.2) is 18.3 Å². The molecule has 0 aromatic carbocycles. The van der Waals surface area contributed by atoms with Crippen molar-refractivity contribution in [3.63, 3.8) is 0 Å². The third-order valence-electron chi connectivity index (χ3n) is 5.99. The maximum Gasteiger partial charge on any atom is 0.340 e. The molecular formula is C24H28B2N6O3. The summed E-state index contributed by atoms with van der Waals surface area (Å²) < 4.78 is 5.14. The van der Waals surface area contributed by atoms with Crippen LogP contribution >= 0.6 is 0 Å². The van der Waals surface area contributed by atoms with Crippen LogP contribution in [0.4, 0.5) is 11.5 Å². The number of nitriles is 2. The molecular weight excluding hydrogens is 442 g/mol. The lowest BCUT2D eigenvalue weighted by Gasteiger charge is -2.19. The lowest BCUT2D eigenvalue weighted by Crippen LogP contribution is -2.25. The van der Waals surface area contributed by atoms with Gasteiger partial charge in [0.2, 0.25) is 0 Å². The Morgan fingerprint density at radius 1 is 1.26 bits per heavy atom. The van der Waals surface area contributed by atoms with Crippen LogP contribution in [-0.2, 0) is 9.53 Å². The predicted molar refractivity (Wildman–Crippen MR) is 139 cm³/mol. The maximum absolute atomic E-state index is 12.7. The van der Waals surface area contributed by atoms with Gasteiger partial charge in [-0.1, -0.05) is 19.5 Å². The molecule has 0 unspecified atom stereocenters. The second-order valence-corrected chi connectivity index (χ2v) is 8.74. The number of nitrogens with zero attached hydrogens (tertiary/aromatic N) is 4. The molecule has 0 saturated heterocycles. The summed E-state index contributed by atoms with van der Waals surface area (Å²) in [7, 11) is 1.89. The van der Waals surface area contributed by atoms with E-state index in [2.05, 4.69) is 27.2 Å². The first kappa shape index (κ1) is 25.6. The minimum Gasteiger partial charge on any atom is -0.462 e. The van der Waals surface area contributed by atoms with Gasteiger partial charge >= 0.3 is 5.97 Å². The number of carbonyl (C=O) groups excluding carboxylic acids is 2. The summed E-state index contributed by atoms with van der Waals surface area (Å²) in [5.74, 6) is 4.48. The van der Waals surface area contributed by atoms with E-state index in [1.54, 1.807) is 25.3 Å². The van der Waals surface area contributed by atoms with Gasteiger partial charge in [0.05, 0.1) is 35.3 Å². The summed E-state index contributed by atoms with van der Waals surface area (Å²) in [5.41, 5.74) is 3.37. The number of ether oxygens (including phenoxy) is 1. The molecule has 9 nitrogen and oxygen atoms in total. The summed E-state index contributed by atoms with van der Waals surface area (Å²) >= 11 is 0. The van der Waals surface area contributed by atoms with Crippen molar-refractivity contribution in [1.82, 2.24) is 9.97 Å². The van der Waals surface area contributed by atoms with Crippen LogP contribution in [0.25, 0.3) is 11.6 Å². The highest BCUT2D eigenvalue weighted by atomic mass is 16.5. The van der Waals surface area contributed by atoms with E-state index >= 15 is 0 Å². The minimum atomic E-state index is -0.450. The van der Waals surface area contributed by atoms with Gasteiger partial charge in [0.15, 0.2) is 0 Å². The molecule has 1 aliphatic rings. The molecule has 2 aromatic rings. The van der Waals surface area contributed by atoms with Crippen molar-refractivity contribution in [2.24, 2.45) is 0 Å². The zero-order valence-corrected chi connectivity index (χ0v) is 20.5. The molecule has 3 rings (SSSR count).